The van der Waals surface area contributed by atoms with Crippen LogP contribution >= 0.6 is 0 Å². The highest BCUT2D eigenvalue weighted by molar-refractivity contribution is 5.96. The highest BCUT2D eigenvalue weighted by Crippen LogP contribution is 2.47. The van der Waals surface area contributed by atoms with Crippen LogP contribution in [0.4, 0.5) is 17.1 Å². The van der Waals surface area contributed by atoms with Gasteiger partial charge in [0.2, 0.25) is 0 Å². The third-order valence-electron chi connectivity index (χ3n) is 6.28. The molecule has 2 aromatic rings. The number of nitrogens with one attached hydrogen (secondary N) is 1. The number of hydrogen-bond acceptors (Lipinski definition) is 9. The van der Waals surface area contributed by atoms with E-state index < -0.39 is 29.2 Å². The number of nitrogens with zero attached hydrogens (tertiary/aromatic N) is 2. The number of nitro groups is 1. The predicted molar refractivity (Wildman–Crippen MR) is 124 cm³/mol. The molecule has 1 aliphatic carbocycles. The van der Waals surface area contributed by atoms with Crippen molar-refractivity contribution in [2.45, 2.75) is 31.5 Å². The van der Waals surface area contributed by atoms with Gasteiger partial charge in [-0.05, 0) is 37.1 Å². The van der Waals surface area contributed by atoms with Gasteiger partial charge in [0.15, 0.2) is 18.1 Å². The molecule has 0 atom stereocenters. The number of carbonyl (C=O) groups is 2. The van der Waals surface area contributed by atoms with Gasteiger partial charge in [-0.2, -0.15) is 0 Å². The van der Waals surface area contributed by atoms with E-state index in [-0.39, 0.29) is 11.3 Å². The molecule has 1 amide bonds. The fourth-order valence-corrected chi connectivity index (χ4v) is 4.57. The van der Waals surface area contributed by atoms with Crippen LogP contribution in [-0.4, -0.2) is 55.5 Å². The number of nitro benzene ring substituents is 1. The lowest BCUT2D eigenvalue weighted by Gasteiger charge is -2.28. The number of carbonyl (C=O) groups excluding carboxylic acids is 2. The minimum Gasteiger partial charge on any atom is -0.452 e. The van der Waals surface area contributed by atoms with Crippen molar-refractivity contribution in [1.82, 2.24) is 0 Å². The number of hydrogen-bond donors (Lipinski definition) is 1. The van der Waals surface area contributed by atoms with Crippen LogP contribution in [0.5, 0.6) is 11.5 Å². The largest absolute Gasteiger partial charge is 0.452 e. The average molecular weight is 483 g/mol. The number of anilines is 2. The maximum atomic E-state index is 12.5. The Labute approximate surface area is 201 Å². The molecule has 11 heteroatoms. The number of fused-ring (bicyclic) bond motifs is 1. The van der Waals surface area contributed by atoms with Crippen LogP contribution in [0.2, 0.25) is 0 Å². The van der Waals surface area contributed by atoms with Crippen molar-refractivity contribution in [2.75, 3.05) is 43.1 Å². The molecule has 1 saturated heterocycles. The van der Waals surface area contributed by atoms with Crippen LogP contribution in [-0.2, 0) is 14.3 Å². The summed E-state index contributed by atoms with van der Waals surface area (Å²) in [6.45, 7) is 1.44. The lowest BCUT2D eigenvalue weighted by molar-refractivity contribution is -0.384. The van der Waals surface area contributed by atoms with E-state index in [9.17, 15) is 19.7 Å². The normalized spacial score (nSPS) is 17.9. The maximum Gasteiger partial charge on any atom is 0.338 e. The molecule has 0 aromatic heterocycles. The van der Waals surface area contributed by atoms with Gasteiger partial charge in [0, 0.05) is 43.8 Å². The summed E-state index contributed by atoms with van der Waals surface area (Å²) in [6, 6.07) is 9.24. The SMILES string of the molecule is O=C(COC(=O)c1ccc(N2CCOCC2)c([N+](=O)[O-])c1)Nc1ccc2c(c1)OC1(CCCC1)O2. The minimum absolute atomic E-state index is 0.00792. The minimum atomic E-state index is -0.828. The smallest absolute Gasteiger partial charge is 0.338 e. The van der Waals surface area contributed by atoms with Crippen LogP contribution < -0.4 is 19.7 Å². The number of benzene rings is 2. The van der Waals surface area contributed by atoms with Gasteiger partial charge in [-0.1, -0.05) is 0 Å². The lowest BCUT2D eigenvalue weighted by Crippen LogP contribution is -2.36. The van der Waals surface area contributed by atoms with Crippen molar-refractivity contribution in [3.63, 3.8) is 0 Å². The summed E-state index contributed by atoms with van der Waals surface area (Å²) in [6.07, 6.45) is 3.74. The number of amides is 1. The van der Waals surface area contributed by atoms with Crippen molar-refractivity contribution in [3.05, 3.63) is 52.1 Å². The molecule has 5 rings (SSSR count). The first-order valence-corrected chi connectivity index (χ1v) is 11.5. The Kier molecular flexibility index (Phi) is 6.16. The first kappa shape index (κ1) is 22.9. The molecule has 2 aromatic carbocycles. The Morgan fingerprint density at radius 3 is 2.54 bits per heavy atom. The van der Waals surface area contributed by atoms with Crippen LogP contribution in [0.15, 0.2) is 36.4 Å². The van der Waals surface area contributed by atoms with E-state index in [2.05, 4.69) is 5.32 Å². The summed E-state index contributed by atoms with van der Waals surface area (Å²) < 4.78 is 22.3. The zero-order chi connectivity index (χ0) is 24.4. The van der Waals surface area contributed by atoms with E-state index in [0.29, 0.717) is 49.2 Å². The molecular weight excluding hydrogens is 458 g/mol. The van der Waals surface area contributed by atoms with E-state index in [4.69, 9.17) is 18.9 Å². The average Bonchev–Trinajstić information content (AvgIpc) is 3.47. The molecule has 35 heavy (non-hydrogen) atoms. The maximum absolute atomic E-state index is 12.5. The molecule has 0 radical (unpaired) electrons. The molecule has 11 nitrogen and oxygen atoms in total. The molecule has 2 aliphatic heterocycles. The Morgan fingerprint density at radius 1 is 1.06 bits per heavy atom. The second-order valence-corrected chi connectivity index (χ2v) is 8.67. The van der Waals surface area contributed by atoms with Crippen molar-refractivity contribution in [3.8, 4) is 11.5 Å². The van der Waals surface area contributed by atoms with Crippen molar-refractivity contribution >= 4 is 28.9 Å². The molecule has 1 N–H and O–H groups in total. The van der Waals surface area contributed by atoms with Crippen molar-refractivity contribution < 1.29 is 33.5 Å². The van der Waals surface area contributed by atoms with E-state index in [1.807, 2.05) is 4.90 Å². The second kappa shape index (κ2) is 9.41. The van der Waals surface area contributed by atoms with Gasteiger partial charge in [0.25, 0.3) is 17.4 Å². The molecule has 184 valence electrons. The van der Waals surface area contributed by atoms with Gasteiger partial charge in [-0.3, -0.25) is 14.9 Å². The quantitative estimate of drug-likeness (QED) is 0.374. The third kappa shape index (κ3) is 4.85. The van der Waals surface area contributed by atoms with Gasteiger partial charge in [0.05, 0.1) is 23.7 Å². The van der Waals surface area contributed by atoms with Crippen molar-refractivity contribution in [1.29, 1.82) is 0 Å². The fraction of sp³-hybridized carbons (Fsp3) is 0.417. The summed E-state index contributed by atoms with van der Waals surface area (Å²) in [5, 5.41) is 14.2. The Bertz CT molecular complexity index is 1160. The summed E-state index contributed by atoms with van der Waals surface area (Å²) in [5.74, 6) is -0.772. The molecule has 3 aliphatic rings. The molecule has 0 unspecified atom stereocenters. The Hall–Kier alpha value is -3.86. The summed E-state index contributed by atoms with van der Waals surface area (Å²) in [5.41, 5.74) is 0.682. The molecule has 2 fully saturated rings. The molecular formula is C24H25N3O8. The van der Waals surface area contributed by atoms with Crippen LogP contribution in [0.3, 0.4) is 0 Å². The number of ether oxygens (including phenoxy) is 4. The van der Waals surface area contributed by atoms with Gasteiger partial charge < -0.3 is 29.2 Å². The van der Waals surface area contributed by atoms with Gasteiger partial charge >= 0.3 is 5.97 Å². The first-order valence-electron chi connectivity index (χ1n) is 11.5. The number of rotatable bonds is 6. The second-order valence-electron chi connectivity index (χ2n) is 8.67. The van der Waals surface area contributed by atoms with E-state index in [1.165, 1.54) is 18.2 Å². The molecule has 1 saturated carbocycles. The van der Waals surface area contributed by atoms with Gasteiger partial charge in [0.1, 0.15) is 5.69 Å². The fourth-order valence-electron chi connectivity index (χ4n) is 4.57. The first-order chi connectivity index (χ1) is 16.9. The third-order valence-corrected chi connectivity index (χ3v) is 6.28. The molecule has 0 bridgehead atoms. The lowest BCUT2D eigenvalue weighted by atomic mass is 10.1. The Morgan fingerprint density at radius 2 is 1.80 bits per heavy atom. The summed E-state index contributed by atoms with van der Waals surface area (Å²) >= 11 is 0. The van der Waals surface area contributed by atoms with E-state index >= 15 is 0 Å². The number of esters is 1. The predicted octanol–water partition coefficient (Wildman–Crippen LogP) is 3.27. The highest BCUT2D eigenvalue weighted by Gasteiger charge is 2.44. The monoisotopic (exact) mass is 483 g/mol. The standard InChI is InChI=1S/C24H25N3O8/c28-22(25-17-4-6-20-21(14-17)35-24(34-20)7-1-2-8-24)15-33-23(29)16-3-5-18(19(13-16)27(30)31)26-9-11-32-12-10-26/h3-6,13-14H,1-2,7-12,15H2,(H,25,28). The highest BCUT2D eigenvalue weighted by atomic mass is 16.7. The summed E-state index contributed by atoms with van der Waals surface area (Å²) in [7, 11) is 0. The zero-order valence-electron chi connectivity index (χ0n) is 19.0. The van der Waals surface area contributed by atoms with Crippen LogP contribution in [0.1, 0.15) is 36.0 Å². The Balaban J connectivity index is 1.19. The van der Waals surface area contributed by atoms with Crippen LogP contribution in [0.25, 0.3) is 0 Å². The molecule has 1 spiro atoms. The van der Waals surface area contributed by atoms with E-state index in [1.54, 1.807) is 18.2 Å². The van der Waals surface area contributed by atoms with E-state index in [0.717, 1.165) is 25.7 Å². The van der Waals surface area contributed by atoms with Crippen LogP contribution in [0, 0.1) is 10.1 Å². The topological polar surface area (TPSA) is 129 Å². The van der Waals surface area contributed by atoms with Gasteiger partial charge in [-0.15, -0.1) is 0 Å². The zero-order valence-corrected chi connectivity index (χ0v) is 19.0. The number of morpholine rings is 1. The molecule has 2 heterocycles. The summed E-state index contributed by atoms with van der Waals surface area (Å²) in [4.78, 5) is 37.7. The van der Waals surface area contributed by atoms with Gasteiger partial charge in [-0.25, -0.2) is 4.79 Å². The van der Waals surface area contributed by atoms with Crippen molar-refractivity contribution in [2.24, 2.45) is 0 Å².